The van der Waals surface area contributed by atoms with E-state index in [0.29, 0.717) is 27.1 Å². The van der Waals surface area contributed by atoms with Crippen LogP contribution in [0.3, 0.4) is 0 Å². The van der Waals surface area contributed by atoms with Crippen LogP contribution in [0.25, 0.3) is 16.6 Å². The van der Waals surface area contributed by atoms with E-state index in [2.05, 4.69) is 10.3 Å². The number of rotatable bonds is 2. The summed E-state index contributed by atoms with van der Waals surface area (Å²) in [5.74, 6) is 0.509. The Hall–Kier alpha value is -2.04. The van der Waals surface area contributed by atoms with Crippen molar-refractivity contribution in [3.63, 3.8) is 0 Å². The summed E-state index contributed by atoms with van der Waals surface area (Å²) in [7, 11) is 1.72. The van der Waals surface area contributed by atoms with Gasteiger partial charge in [0.25, 0.3) is 0 Å². The number of nitrogens with zero attached hydrogens (tertiary/aromatic N) is 2. The SMILES string of the molecule is CNc1nc(=O)n(-c2ccccc2Cl)c2cc(Cl)ccc12. The van der Waals surface area contributed by atoms with E-state index < -0.39 is 5.69 Å². The zero-order valence-electron chi connectivity index (χ0n) is 11.1. The fourth-order valence-electron chi connectivity index (χ4n) is 2.26. The second kappa shape index (κ2) is 5.39. The second-order valence-corrected chi connectivity index (χ2v) is 5.28. The highest BCUT2D eigenvalue weighted by Gasteiger charge is 2.13. The van der Waals surface area contributed by atoms with Crippen molar-refractivity contribution < 1.29 is 0 Å². The number of fused-ring (bicyclic) bond motifs is 1. The van der Waals surface area contributed by atoms with E-state index in [-0.39, 0.29) is 0 Å². The summed E-state index contributed by atoms with van der Waals surface area (Å²) in [6.45, 7) is 0. The third kappa shape index (κ3) is 2.37. The molecule has 1 N–H and O–H groups in total. The molecule has 1 aromatic heterocycles. The van der Waals surface area contributed by atoms with Gasteiger partial charge in [0, 0.05) is 17.5 Å². The van der Waals surface area contributed by atoms with Crippen LogP contribution in [-0.2, 0) is 0 Å². The molecule has 6 heteroatoms. The molecule has 4 nitrogen and oxygen atoms in total. The van der Waals surface area contributed by atoms with Gasteiger partial charge >= 0.3 is 5.69 Å². The standard InChI is InChI=1S/C15H11Cl2N3O/c1-18-14-10-7-6-9(16)8-13(10)20(15(21)19-14)12-5-3-2-4-11(12)17/h2-8H,1H3,(H,18,19,21). The second-order valence-electron chi connectivity index (χ2n) is 4.44. The molecule has 0 unspecified atom stereocenters. The summed E-state index contributed by atoms with van der Waals surface area (Å²) in [4.78, 5) is 16.4. The zero-order valence-corrected chi connectivity index (χ0v) is 12.6. The monoisotopic (exact) mass is 319 g/mol. The van der Waals surface area contributed by atoms with E-state index in [1.54, 1.807) is 37.4 Å². The van der Waals surface area contributed by atoms with Gasteiger partial charge in [-0.15, -0.1) is 0 Å². The van der Waals surface area contributed by atoms with Crippen LogP contribution in [0, 0.1) is 0 Å². The number of aromatic nitrogens is 2. The number of nitrogens with one attached hydrogen (secondary N) is 1. The Morgan fingerprint density at radius 1 is 1.14 bits per heavy atom. The number of halogens is 2. The van der Waals surface area contributed by atoms with Crippen LogP contribution in [0.4, 0.5) is 5.82 Å². The molecule has 0 atom stereocenters. The summed E-state index contributed by atoms with van der Waals surface area (Å²) in [5.41, 5.74) is 0.814. The first-order valence-electron chi connectivity index (χ1n) is 6.27. The molecule has 0 aliphatic carbocycles. The van der Waals surface area contributed by atoms with E-state index >= 15 is 0 Å². The van der Waals surface area contributed by atoms with Gasteiger partial charge in [-0.25, -0.2) is 4.79 Å². The summed E-state index contributed by atoms with van der Waals surface area (Å²) >= 11 is 12.3. The maximum atomic E-state index is 12.4. The van der Waals surface area contributed by atoms with Gasteiger partial charge in [-0.1, -0.05) is 35.3 Å². The molecule has 106 valence electrons. The lowest BCUT2D eigenvalue weighted by Crippen LogP contribution is -2.23. The molecule has 1 heterocycles. The minimum absolute atomic E-state index is 0.415. The first kappa shape index (κ1) is 13.9. The van der Waals surface area contributed by atoms with Gasteiger partial charge in [0.2, 0.25) is 0 Å². The molecule has 2 aromatic carbocycles. The largest absolute Gasteiger partial charge is 0.372 e. The molecule has 3 aromatic rings. The number of anilines is 1. The number of para-hydroxylation sites is 1. The molecule has 0 spiro atoms. The maximum Gasteiger partial charge on any atom is 0.354 e. The molecule has 0 saturated carbocycles. The summed E-state index contributed by atoms with van der Waals surface area (Å²) in [6, 6.07) is 12.4. The molecule has 3 rings (SSSR count). The van der Waals surface area contributed by atoms with Gasteiger partial charge in [-0.3, -0.25) is 4.57 Å². The first-order valence-corrected chi connectivity index (χ1v) is 7.02. The Balaban J connectivity index is 2.48. The molecule has 21 heavy (non-hydrogen) atoms. The van der Waals surface area contributed by atoms with E-state index in [9.17, 15) is 4.79 Å². The quantitative estimate of drug-likeness (QED) is 0.782. The van der Waals surface area contributed by atoms with E-state index in [1.807, 2.05) is 12.1 Å². The minimum atomic E-state index is -0.415. The van der Waals surface area contributed by atoms with Gasteiger partial charge in [-0.2, -0.15) is 4.98 Å². The molecule has 0 aliphatic heterocycles. The van der Waals surface area contributed by atoms with Crippen LogP contribution in [0.2, 0.25) is 10.0 Å². The topological polar surface area (TPSA) is 46.9 Å². The van der Waals surface area contributed by atoms with Gasteiger partial charge in [0.15, 0.2) is 0 Å². The van der Waals surface area contributed by atoms with Crippen molar-refractivity contribution in [1.29, 1.82) is 0 Å². The maximum absolute atomic E-state index is 12.4. The fourth-order valence-corrected chi connectivity index (χ4v) is 2.64. The molecule has 0 aliphatic rings. The Labute approximate surface area is 131 Å². The molecular weight excluding hydrogens is 309 g/mol. The van der Waals surface area contributed by atoms with Crippen molar-refractivity contribution in [1.82, 2.24) is 9.55 Å². The van der Waals surface area contributed by atoms with Crippen molar-refractivity contribution in [2.24, 2.45) is 0 Å². The Bertz CT molecular complexity index is 890. The highest BCUT2D eigenvalue weighted by Crippen LogP contribution is 2.27. The van der Waals surface area contributed by atoms with Crippen molar-refractivity contribution in [3.05, 3.63) is 63.0 Å². The summed E-state index contributed by atoms with van der Waals surface area (Å²) < 4.78 is 1.46. The van der Waals surface area contributed by atoms with Crippen molar-refractivity contribution >= 4 is 39.9 Å². The van der Waals surface area contributed by atoms with Crippen LogP contribution < -0.4 is 11.0 Å². The third-order valence-corrected chi connectivity index (χ3v) is 3.74. The highest BCUT2D eigenvalue weighted by atomic mass is 35.5. The lowest BCUT2D eigenvalue weighted by Gasteiger charge is -2.13. The van der Waals surface area contributed by atoms with Gasteiger partial charge in [-0.05, 0) is 30.3 Å². The van der Waals surface area contributed by atoms with Crippen molar-refractivity contribution in [3.8, 4) is 5.69 Å². The average molecular weight is 320 g/mol. The van der Waals surface area contributed by atoms with Gasteiger partial charge in [0.05, 0.1) is 16.2 Å². The normalized spacial score (nSPS) is 10.8. The van der Waals surface area contributed by atoms with Crippen LogP contribution in [0.1, 0.15) is 0 Å². The third-order valence-electron chi connectivity index (χ3n) is 3.18. The predicted octanol–water partition coefficient (Wildman–Crippen LogP) is 3.73. The smallest absolute Gasteiger partial charge is 0.354 e. The van der Waals surface area contributed by atoms with Crippen molar-refractivity contribution in [2.75, 3.05) is 12.4 Å². The molecule has 0 saturated heterocycles. The number of hydrogen-bond acceptors (Lipinski definition) is 3. The fraction of sp³-hybridized carbons (Fsp3) is 0.0667. The predicted molar refractivity (Wildman–Crippen MR) is 86.9 cm³/mol. The highest BCUT2D eigenvalue weighted by molar-refractivity contribution is 6.32. The van der Waals surface area contributed by atoms with Crippen LogP contribution >= 0.6 is 23.2 Å². The average Bonchev–Trinajstić information content (AvgIpc) is 2.47. The van der Waals surface area contributed by atoms with Gasteiger partial charge in [0.1, 0.15) is 5.82 Å². The number of benzene rings is 2. The molecule has 0 bridgehead atoms. The lowest BCUT2D eigenvalue weighted by atomic mass is 10.2. The first-order chi connectivity index (χ1) is 10.1. The zero-order chi connectivity index (χ0) is 15.0. The van der Waals surface area contributed by atoms with Crippen LogP contribution in [0.15, 0.2) is 47.3 Å². The Morgan fingerprint density at radius 2 is 1.90 bits per heavy atom. The van der Waals surface area contributed by atoms with Crippen LogP contribution in [0.5, 0.6) is 0 Å². The molecule has 0 radical (unpaired) electrons. The van der Waals surface area contributed by atoms with Gasteiger partial charge < -0.3 is 5.32 Å². The minimum Gasteiger partial charge on any atom is -0.372 e. The lowest BCUT2D eigenvalue weighted by molar-refractivity contribution is 0.961. The van der Waals surface area contributed by atoms with E-state index in [4.69, 9.17) is 23.2 Å². The van der Waals surface area contributed by atoms with Crippen molar-refractivity contribution in [2.45, 2.75) is 0 Å². The Morgan fingerprint density at radius 3 is 2.62 bits per heavy atom. The van der Waals surface area contributed by atoms with E-state index in [1.165, 1.54) is 4.57 Å². The summed E-state index contributed by atoms with van der Waals surface area (Å²) in [5, 5.41) is 4.73. The van der Waals surface area contributed by atoms with E-state index in [0.717, 1.165) is 5.39 Å². The molecule has 0 fully saturated rings. The molecule has 0 amide bonds. The van der Waals surface area contributed by atoms with Crippen LogP contribution in [-0.4, -0.2) is 16.6 Å². The summed E-state index contributed by atoms with van der Waals surface area (Å²) in [6.07, 6.45) is 0. The Kier molecular flexibility index (Phi) is 3.57. The number of hydrogen-bond donors (Lipinski definition) is 1. The molecular formula is C15H11Cl2N3O.